The molecule has 0 amide bonds. The highest BCUT2D eigenvalue weighted by molar-refractivity contribution is 7.80. The Morgan fingerprint density at radius 2 is 2.00 bits per heavy atom. The molecule has 0 saturated carbocycles. The van der Waals surface area contributed by atoms with Gasteiger partial charge < -0.3 is 19.9 Å². The summed E-state index contributed by atoms with van der Waals surface area (Å²) in [7, 11) is 1.61. The topological polar surface area (TPSA) is 53.2 Å². The van der Waals surface area contributed by atoms with Crippen LogP contribution in [0, 0.1) is 13.8 Å². The van der Waals surface area contributed by atoms with Gasteiger partial charge in [-0.2, -0.15) is 0 Å². The summed E-state index contributed by atoms with van der Waals surface area (Å²) in [4.78, 5) is 10.1. The minimum atomic E-state index is -0.0801. The van der Waals surface area contributed by atoms with Crippen molar-refractivity contribution in [2.24, 2.45) is 0 Å². The van der Waals surface area contributed by atoms with Gasteiger partial charge in [0.15, 0.2) is 5.11 Å². The molecule has 5 nitrogen and oxygen atoms in total. The third-order valence-corrected chi connectivity index (χ3v) is 5.63. The zero-order valence-electron chi connectivity index (χ0n) is 15.9. The Hall–Kier alpha value is -2.57. The highest BCUT2D eigenvalue weighted by Gasteiger charge is 2.41. The van der Waals surface area contributed by atoms with E-state index in [1.54, 1.807) is 13.3 Å². The van der Waals surface area contributed by atoms with Gasteiger partial charge in [-0.25, -0.2) is 0 Å². The highest BCUT2D eigenvalue weighted by Crippen LogP contribution is 2.43. The van der Waals surface area contributed by atoms with Crippen LogP contribution in [0.2, 0.25) is 5.02 Å². The lowest BCUT2D eigenvalue weighted by Crippen LogP contribution is -2.29. The minimum absolute atomic E-state index is 0.0585. The van der Waals surface area contributed by atoms with Gasteiger partial charge in [-0.3, -0.25) is 4.98 Å². The van der Waals surface area contributed by atoms with E-state index in [0.29, 0.717) is 15.9 Å². The maximum Gasteiger partial charge on any atom is 0.174 e. The quantitative estimate of drug-likeness (QED) is 0.599. The molecule has 0 aliphatic carbocycles. The van der Waals surface area contributed by atoms with Gasteiger partial charge in [0.2, 0.25) is 0 Å². The van der Waals surface area contributed by atoms with Crippen LogP contribution in [0.5, 0.6) is 5.75 Å². The summed E-state index contributed by atoms with van der Waals surface area (Å²) in [5.41, 5.74) is 5.24. The van der Waals surface area contributed by atoms with E-state index in [0.717, 1.165) is 22.8 Å². The fraction of sp³-hybridized carbons (Fsp3) is 0.238. The third-order valence-electron chi connectivity index (χ3n) is 5.02. The van der Waals surface area contributed by atoms with Crippen molar-refractivity contribution >= 4 is 34.6 Å². The first-order valence-electron chi connectivity index (χ1n) is 9.00. The first-order valence-corrected chi connectivity index (χ1v) is 9.78. The van der Waals surface area contributed by atoms with Crippen LogP contribution in [0.1, 0.15) is 34.7 Å². The summed E-state index contributed by atoms with van der Waals surface area (Å²) >= 11 is 12.1. The Kier molecular flexibility index (Phi) is 5.00. The van der Waals surface area contributed by atoms with Gasteiger partial charge in [0.25, 0.3) is 0 Å². The molecule has 0 spiro atoms. The van der Waals surface area contributed by atoms with Crippen LogP contribution < -0.4 is 15.0 Å². The molecular weight excluding hydrogens is 392 g/mol. The second-order valence-corrected chi connectivity index (χ2v) is 7.64. The fourth-order valence-electron chi connectivity index (χ4n) is 3.81. The molecule has 1 fully saturated rings. The summed E-state index contributed by atoms with van der Waals surface area (Å²) in [6.07, 6.45) is 1.80. The fourth-order valence-corrected chi connectivity index (χ4v) is 4.40. The molecule has 4 rings (SSSR count). The molecular formula is C21H21ClN4OS. The normalized spacial score (nSPS) is 19.0. The number of nitrogens with one attached hydrogen (secondary N) is 2. The highest BCUT2D eigenvalue weighted by atomic mass is 35.5. The number of hydrogen-bond donors (Lipinski definition) is 2. The van der Waals surface area contributed by atoms with Crippen LogP contribution in [0.3, 0.4) is 0 Å². The van der Waals surface area contributed by atoms with Crippen molar-refractivity contribution in [3.63, 3.8) is 0 Å². The van der Waals surface area contributed by atoms with Crippen molar-refractivity contribution in [1.82, 2.24) is 15.3 Å². The van der Waals surface area contributed by atoms with Crippen LogP contribution in [0.4, 0.5) is 5.69 Å². The van der Waals surface area contributed by atoms with E-state index in [9.17, 15) is 0 Å². The number of thiocarbonyl (C=S) groups is 1. The van der Waals surface area contributed by atoms with E-state index in [-0.39, 0.29) is 12.1 Å². The lowest BCUT2D eigenvalue weighted by molar-refractivity contribution is 0.415. The molecule has 3 heterocycles. The molecule has 0 unspecified atom stereocenters. The van der Waals surface area contributed by atoms with Gasteiger partial charge in [0.05, 0.1) is 29.9 Å². The largest absolute Gasteiger partial charge is 0.495 e. The molecule has 1 aliphatic rings. The molecule has 0 radical (unpaired) electrons. The monoisotopic (exact) mass is 412 g/mol. The minimum Gasteiger partial charge on any atom is -0.495 e. The predicted octanol–water partition coefficient (Wildman–Crippen LogP) is 4.87. The Bertz CT molecular complexity index is 1020. The van der Waals surface area contributed by atoms with E-state index in [1.807, 2.05) is 36.4 Å². The second kappa shape index (κ2) is 7.45. The maximum absolute atomic E-state index is 6.40. The van der Waals surface area contributed by atoms with E-state index in [1.165, 1.54) is 5.56 Å². The van der Waals surface area contributed by atoms with E-state index < -0.39 is 0 Å². The standard InChI is InChI=1S/C21H21ClN4OS/c1-12-10-15(13(2)24-12)20-19(17-6-4-5-9-23-17)25-21(28)26(20)14-7-8-18(27-3)16(22)11-14/h4-11,19-20,24H,1-3H3,(H,25,28)/t19-,20+/m1/s1. The number of halogens is 1. The Morgan fingerprint density at radius 3 is 2.61 bits per heavy atom. The number of methoxy groups -OCH3 is 1. The SMILES string of the molecule is COc1ccc(N2C(=S)N[C@H](c3ccccn3)[C@@H]2c2cc(C)[nH]c2C)cc1Cl. The molecule has 1 saturated heterocycles. The maximum atomic E-state index is 6.40. The second-order valence-electron chi connectivity index (χ2n) is 6.85. The van der Waals surface area contributed by atoms with Gasteiger partial charge in [0.1, 0.15) is 5.75 Å². The van der Waals surface area contributed by atoms with Gasteiger partial charge in [-0.1, -0.05) is 17.7 Å². The summed E-state index contributed by atoms with van der Waals surface area (Å²) in [6, 6.07) is 13.7. The Morgan fingerprint density at radius 1 is 1.18 bits per heavy atom. The van der Waals surface area contributed by atoms with E-state index >= 15 is 0 Å². The molecule has 28 heavy (non-hydrogen) atoms. The number of anilines is 1. The molecule has 2 N–H and O–H groups in total. The lowest BCUT2D eigenvalue weighted by Gasteiger charge is -2.28. The first-order chi connectivity index (χ1) is 13.5. The number of aromatic nitrogens is 2. The van der Waals surface area contributed by atoms with Gasteiger partial charge in [-0.15, -0.1) is 0 Å². The van der Waals surface area contributed by atoms with Crippen LogP contribution in [-0.4, -0.2) is 22.2 Å². The number of rotatable bonds is 4. The molecule has 1 aromatic carbocycles. The number of aryl methyl sites for hydroxylation is 2. The van der Waals surface area contributed by atoms with Crippen molar-refractivity contribution in [3.8, 4) is 5.75 Å². The number of H-pyrrole nitrogens is 1. The summed E-state index contributed by atoms with van der Waals surface area (Å²) in [6.45, 7) is 4.14. The molecule has 2 atom stereocenters. The van der Waals surface area contributed by atoms with Crippen molar-refractivity contribution in [1.29, 1.82) is 0 Å². The van der Waals surface area contributed by atoms with E-state index in [4.69, 9.17) is 28.6 Å². The third kappa shape index (κ3) is 3.23. The zero-order chi connectivity index (χ0) is 19.8. The molecule has 0 bridgehead atoms. The van der Waals surface area contributed by atoms with Crippen LogP contribution in [0.15, 0.2) is 48.7 Å². The number of hydrogen-bond acceptors (Lipinski definition) is 3. The van der Waals surface area contributed by atoms with Crippen molar-refractivity contribution in [2.75, 3.05) is 12.0 Å². The lowest BCUT2D eigenvalue weighted by atomic mass is 9.96. The smallest absolute Gasteiger partial charge is 0.174 e. The molecule has 7 heteroatoms. The van der Waals surface area contributed by atoms with Gasteiger partial charge in [-0.05, 0) is 68.0 Å². The molecule has 2 aromatic heterocycles. The van der Waals surface area contributed by atoms with Gasteiger partial charge >= 0.3 is 0 Å². The summed E-state index contributed by atoms with van der Waals surface area (Å²) in [5.74, 6) is 0.634. The zero-order valence-corrected chi connectivity index (χ0v) is 17.4. The average molecular weight is 413 g/mol. The number of pyridine rings is 1. The summed E-state index contributed by atoms with van der Waals surface area (Å²) in [5, 5.41) is 4.64. The number of nitrogens with zero attached hydrogens (tertiary/aromatic N) is 2. The molecule has 144 valence electrons. The average Bonchev–Trinajstić information content (AvgIpc) is 3.20. The molecule has 1 aliphatic heterocycles. The first kappa shape index (κ1) is 18.8. The van der Waals surface area contributed by atoms with Crippen LogP contribution >= 0.6 is 23.8 Å². The van der Waals surface area contributed by atoms with Crippen molar-refractivity contribution in [2.45, 2.75) is 25.9 Å². The molecule has 3 aromatic rings. The number of benzene rings is 1. The van der Waals surface area contributed by atoms with Crippen molar-refractivity contribution in [3.05, 3.63) is 76.3 Å². The van der Waals surface area contributed by atoms with Crippen molar-refractivity contribution < 1.29 is 4.74 Å². The Balaban J connectivity index is 1.85. The van der Waals surface area contributed by atoms with Crippen LogP contribution in [-0.2, 0) is 0 Å². The number of ether oxygens (including phenoxy) is 1. The predicted molar refractivity (Wildman–Crippen MR) is 116 cm³/mol. The Labute approximate surface area is 174 Å². The number of aromatic amines is 1. The summed E-state index contributed by atoms with van der Waals surface area (Å²) < 4.78 is 5.30. The van der Waals surface area contributed by atoms with E-state index in [2.05, 4.69) is 40.1 Å². The van der Waals surface area contributed by atoms with Gasteiger partial charge in [0, 0.05) is 23.3 Å². The van der Waals surface area contributed by atoms with Crippen LogP contribution in [0.25, 0.3) is 0 Å².